The first kappa shape index (κ1) is 21.7. The molecule has 1 amide bonds. The number of rotatable bonds is 6. The second kappa shape index (κ2) is 9.28. The Balaban J connectivity index is 1.83. The number of likely N-dealkylation sites (tertiary alicyclic amines) is 1. The number of carbonyl (C=O) groups is 2. The van der Waals surface area contributed by atoms with Crippen molar-refractivity contribution >= 4 is 29.1 Å². The number of hydrogen-bond acceptors (Lipinski definition) is 4. The Kier molecular flexibility index (Phi) is 6.28. The highest BCUT2D eigenvalue weighted by molar-refractivity contribution is 6.46. The van der Waals surface area contributed by atoms with Crippen LogP contribution in [-0.2, 0) is 16.1 Å². The number of nitrogens with zero attached hydrogens (tertiary/aromatic N) is 1. The van der Waals surface area contributed by atoms with E-state index >= 15 is 0 Å². The molecule has 1 aliphatic rings. The number of halogens is 1. The second-order valence-corrected chi connectivity index (χ2v) is 7.86. The van der Waals surface area contributed by atoms with E-state index < -0.39 is 17.7 Å². The molecule has 3 aromatic carbocycles. The molecule has 1 aliphatic heterocycles. The highest BCUT2D eigenvalue weighted by atomic mass is 35.5. The number of aliphatic hydroxyl groups excluding tert-OH is 1. The van der Waals surface area contributed by atoms with Crippen molar-refractivity contribution in [3.63, 3.8) is 0 Å². The third-order valence-corrected chi connectivity index (χ3v) is 5.61. The van der Waals surface area contributed by atoms with Crippen LogP contribution < -0.4 is 4.74 Å². The van der Waals surface area contributed by atoms with E-state index in [1.807, 2.05) is 49.4 Å². The zero-order valence-corrected chi connectivity index (χ0v) is 18.3. The molecular weight excluding hydrogens is 426 g/mol. The molecule has 0 radical (unpaired) electrons. The van der Waals surface area contributed by atoms with E-state index in [-0.39, 0.29) is 17.9 Å². The van der Waals surface area contributed by atoms with Gasteiger partial charge in [0.25, 0.3) is 11.7 Å². The highest BCUT2D eigenvalue weighted by Crippen LogP contribution is 2.40. The maximum atomic E-state index is 13.1. The fraction of sp³-hybridized carbons (Fsp3) is 0.154. The fourth-order valence-corrected chi connectivity index (χ4v) is 3.97. The van der Waals surface area contributed by atoms with Crippen LogP contribution in [0.5, 0.6) is 5.75 Å². The number of ketones is 1. The number of carbonyl (C=O) groups excluding carboxylic acids is 2. The first-order valence-electron chi connectivity index (χ1n) is 10.3. The van der Waals surface area contributed by atoms with Gasteiger partial charge in [-0.25, -0.2) is 0 Å². The van der Waals surface area contributed by atoms with Crippen LogP contribution in [0.3, 0.4) is 0 Å². The first-order chi connectivity index (χ1) is 15.5. The minimum atomic E-state index is -0.735. The average Bonchev–Trinajstić information content (AvgIpc) is 3.05. The van der Waals surface area contributed by atoms with E-state index in [0.29, 0.717) is 28.5 Å². The quantitative estimate of drug-likeness (QED) is 0.314. The second-order valence-electron chi connectivity index (χ2n) is 7.42. The Morgan fingerprint density at radius 2 is 1.62 bits per heavy atom. The lowest BCUT2D eigenvalue weighted by atomic mass is 9.95. The number of hydrogen-bond donors (Lipinski definition) is 1. The van der Waals surface area contributed by atoms with E-state index in [9.17, 15) is 14.7 Å². The molecule has 0 spiro atoms. The van der Waals surface area contributed by atoms with Crippen LogP contribution >= 0.6 is 11.6 Å². The van der Waals surface area contributed by atoms with E-state index in [2.05, 4.69) is 0 Å². The Morgan fingerprint density at radius 3 is 2.25 bits per heavy atom. The molecule has 1 heterocycles. The van der Waals surface area contributed by atoms with Crippen molar-refractivity contribution in [2.45, 2.75) is 19.5 Å². The van der Waals surface area contributed by atoms with Gasteiger partial charge in [-0.05, 0) is 54.4 Å². The van der Waals surface area contributed by atoms with Gasteiger partial charge in [0.05, 0.1) is 18.2 Å². The minimum Gasteiger partial charge on any atom is -0.507 e. The van der Waals surface area contributed by atoms with Gasteiger partial charge in [0.1, 0.15) is 11.5 Å². The van der Waals surface area contributed by atoms with Gasteiger partial charge in [0, 0.05) is 17.1 Å². The standard InChI is InChI=1S/C26H22ClNO4/c1-2-32-21-14-10-18(11-15-21)23-22(24(29)19-8-12-20(27)13-9-19)25(30)26(31)28(23)16-17-6-4-3-5-7-17/h3-15,23,29H,2,16H2,1H3. The maximum absolute atomic E-state index is 13.1. The molecule has 0 aromatic heterocycles. The van der Waals surface area contributed by atoms with E-state index in [1.165, 1.54) is 4.90 Å². The summed E-state index contributed by atoms with van der Waals surface area (Å²) in [6.45, 7) is 2.66. The van der Waals surface area contributed by atoms with Crippen LogP contribution in [0.2, 0.25) is 5.02 Å². The summed E-state index contributed by atoms with van der Waals surface area (Å²) in [5, 5.41) is 11.6. The maximum Gasteiger partial charge on any atom is 0.295 e. The van der Waals surface area contributed by atoms with E-state index in [1.54, 1.807) is 36.4 Å². The van der Waals surface area contributed by atoms with E-state index in [0.717, 1.165) is 5.56 Å². The van der Waals surface area contributed by atoms with Gasteiger partial charge in [-0.1, -0.05) is 54.1 Å². The molecule has 3 aromatic rings. The third kappa shape index (κ3) is 4.25. The Hall–Kier alpha value is -3.57. The van der Waals surface area contributed by atoms with Crippen molar-refractivity contribution in [1.82, 2.24) is 4.90 Å². The molecule has 32 heavy (non-hydrogen) atoms. The molecule has 6 heteroatoms. The molecule has 1 atom stereocenters. The summed E-state index contributed by atoms with van der Waals surface area (Å²) in [4.78, 5) is 27.6. The topological polar surface area (TPSA) is 66.8 Å². The van der Waals surface area contributed by atoms with Crippen molar-refractivity contribution in [1.29, 1.82) is 0 Å². The Bertz CT molecular complexity index is 1150. The van der Waals surface area contributed by atoms with Gasteiger partial charge < -0.3 is 14.7 Å². The van der Waals surface area contributed by atoms with Crippen molar-refractivity contribution in [3.05, 3.63) is 106 Å². The van der Waals surface area contributed by atoms with Gasteiger partial charge in [-0.2, -0.15) is 0 Å². The smallest absolute Gasteiger partial charge is 0.295 e. The van der Waals surface area contributed by atoms with Crippen LogP contribution in [0, 0.1) is 0 Å². The van der Waals surface area contributed by atoms with E-state index in [4.69, 9.17) is 16.3 Å². The number of Topliss-reactive ketones (excluding diaryl/α,β-unsaturated/α-hetero) is 1. The van der Waals surface area contributed by atoms with Gasteiger partial charge in [-0.15, -0.1) is 0 Å². The summed E-state index contributed by atoms with van der Waals surface area (Å²) in [7, 11) is 0. The highest BCUT2D eigenvalue weighted by Gasteiger charge is 2.46. The van der Waals surface area contributed by atoms with Crippen molar-refractivity contribution < 1.29 is 19.4 Å². The van der Waals surface area contributed by atoms with Crippen molar-refractivity contribution in [2.24, 2.45) is 0 Å². The van der Waals surface area contributed by atoms with Gasteiger partial charge in [0.2, 0.25) is 0 Å². The van der Waals surface area contributed by atoms with Crippen LogP contribution in [0.1, 0.15) is 29.7 Å². The lowest BCUT2D eigenvalue weighted by Crippen LogP contribution is -2.29. The predicted octanol–water partition coefficient (Wildman–Crippen LogP) is 5.36. The van der Waals surface area contributed by atoms with Crippen LogP contribution in [0.15, 0.2) is 84.4 Å². The molecule has 0 aliphatic carbocycles. The molecule has 0 bridgehead atoms. The largest absolute Gasteiger partial charge is 0.507 e. The van der Waals surface area contributed by atoms with Crippen LogP contribution in [-0.4, -0.2) is 28.3 Å². The minimum absolute atomic E-state index is 0.0532. The molecule has 1 fully saturated rings. The molecule has 1 unspecified atom stereocenters. The van der Waals surface area contributed by atoms with Crippen LogP contribution in [0.25, 0.3) is 5.76 Å². The Labute approximate surface area is 191 Å². The zero-order valence-electron chi connectivity index (χ0n) is 17.5. The summed E-state index contributed by atoms with van der Waals surface area (Å²) in [6, 6.07) is 22.4. The SMILES string of the molecule is CCOc1ccc(C2C(=C(O)c3ccc(Cl)cc3)C(=O)C(=O)N2Cc2ccccc2)cc1. The molecule has 0 saturated carbocycles. The summed E-state index contributed by atoms with van der Waals surface area (Å²) in [6.07, 6.45) is 0. The molecular formula is C26H22ClNO4. The van der Waals surface area contributed by atoms with Crippen LogP contribution in [0.4, 0.5) is 0 Å². The van der Waals surface area contributed by atoms with Gasteiger partial charge >= 0.3 is 0 Å². The zero-order chi connectivity index (χ0) is 22.7. The normalized spacial score (nSPS) is 17.6. The molecule has 5 nitrogen and oxygen atoms in total. The van der Waals surface area contributed by atoms with Gasteiger partial charge in [0.15, 0.2) is 0 Å². The number of aliphatic hydroxyl groups is 1. The molecule has 4 rings (SSSR count). The van der Waals surface area contributed by atoms with Gasteiger partial charge in [-0.3, -0.25) is 9.59 Å². The Morgan fingerprint density at radius 1 is 0.969 bits per heavy atom. The lowest BCUT2D eigenvalue weighted by Gasteiger charge is -2.25. The number of amides is 1. The van der Waals surface area contributed by atoms with Crippen molar-refractivity contribution in [3.8, 4) is 5.75 Å². The number of benzene rings is 3. The number of ether oxygens (including phenoxy) is 1. The lowest BCUT2D eigenvalue weighted by molar-refractivity contribution is -0.140. The summed E-state index contributed by atoms with van der Waals surface area (Å²) >= 11 is 5.97. The first-order valence-corrected chi connectivity index (χ1v) is 10.7. The summed E-state index contributed by atoms with van der Waals surface area (Å²) in [5.41, 5.74) is 2.07. The molecule has 1 N–H and O–H groups in total. The molecule has 162 valence electrons. The van der Waals surface area contributed by atoms with Crippen molar-refractivity contribution in [2.75, 3.05) is 6.61 Å². The third-order valence-electron chi connectivity index (χ3n) is 5.36. The summed E-state index contributed by atoms with van der Waals surface area (Å²) < 4.78 is 5.52. The monoisotopic (exact) mass is 447 g/mol. The molecule has 1 saturated heterocycles. The average molecular weight is 448 g/mol. The fourth-order valence-electron chi connectivity index (χ4n) is 3.85. The summed E-state index contributed by atoms with van der Waals surface area (Å²) in [5.74, 6) is -0.904. The predicted molar refractivity (Wildman–Crippen MR) is 123 cm³/mol.